The average Bonchev–Trinajstić information content (AvgIpc) is 3.51. The smallest absolute Gasteiger partial charge is 0.258 e. The molecule has 8 nitrogen and oxygen atoms in total. The minimum atomic E-state index is -0.387. The summed E-state index contributed by atoms with van der Waals surface area (Å²) in [6.45, 7) is 0.618. The third-order valence-corrected chi connectivity index (χ3v) is 5.61. The van der Waals surface area contributed by atoms with Crippen molar-refractivity contribution in [1.29, 1.82) is 0 Å². The fraction of sp³-hybridized carbons (Fsp3) is 0.217. The maximum absolute atomic E-state index is 13.6. The number of hydrogen-bond acceptors (Lipinski definition) is 5. The molecule has 3 heterocycles. The first-order valence-electron chi connectivity index (χ1n) is 10.2. The van der Waals surface area contributed by atoms with E-state index in [2.05, 4.69) is 15.3 Å². The fourth-order valence-corrected chi connectivity index (χ4v) is 3.83. The summed E-state index contributed by atoms with van der Waals surface area (Å²) in [5, 5.41) is 8.79. The van der Waals surface area contributed by atoms with Crippen molar-refractivity contribution >= 4 is 22.5 Å². The Bertz CT molecular complexity index is 1360. The largest absolute Gasteiger partial charge is 0.368 e. The number of H-pyrrole nitrogens is 1. The zero-order valence-electron chi connectivity index (χ0n) is 17.3. The first-order valence-corrected chi connectivity index (χ1v) is 10.2. The molecule has 2 aromatic heterocycles. The molecular weight excluding hydrogens is 413 g/mol. The lowest BCUT2D eigenvalue weighted by molar-refractivity contribution is -0.127. The summed E-state index contributed by atoms with van der Waals surface area (Å²) in [7, 11) is 1.72. The molecule has 1 amide bonds. The second kappa shape index (κ2) is 8.01. The molecule has 1 saturated heterocycles. The Morgan fingerprint density at radius 1 is 1.22 bits per heavy atom. The van der Waals surface area contributed by atoms with Crippen molar-refractivity contribution in [2.45, 2.75) is 18.9 Å². The lowest BCUT2D eigenvalue weighted by atomic mass is 10.1. The predicted molar refractivity (Wildman–Crippen MR) is 117 cm³/mol. The number of carbonyl (C=O) groups is 1. The molecule has 0 bridgehead atoms. The Hall–Kier alpha value is -3.85. The van der Waals surface area contributed by atoms with Crippen LogP contribution in [0.15, 0.2) is 59.5 Å². The molecule has 1 aliphatic rings. The molecule has 0 saturated carbocycles. The van der Waals surface area contributed by atoms with Crippen molar-refractivity contribution in [2.75, 3.05) is 18.6 Å². The van der Waals surface area contributed by atoms with Crippen LogP contribution < -0.4 is 10.5 Å². The predicted octanol–water partition coefficient (Wildman–Crippen LogP) is 3.06. The summed E-state index contributed by atoms with van der Waals surface area (Å²) < 4.78 is 20.6. The van der Waals surface area contributed by atoms with E-state index in [9.17, 15) is 14.0 Å². The van der Waals surface area contributed by atoms with Gasteiger partial charge in [-0.2, -0.15) is 0 Å². The highest BCUT2D eigenvalue weighted by Gasteiger charge is 2.27. The van der Waals surface area contributed by atoms with Crippen LogP contribution in [0.5, 0.6) is 0 Å². The minimum absolute atomic E-state index is 0.0646. The lowest BCUT2D eigenvalue weighted by Crippen LogP contribution is -2.35. The summed E-state index contributed by atoms with van der Waals surface area (Å²) in [6.07, 6.45) is 2.88. The van der Waals surface area contributed by atoms with Crippen molar-refractivity contribution < 1.29 is 13.9 Å². The van der Waals surface area contributed by atoms with Crippen LogP contribution in [0.3, 0.4) is 0 Å². The minimum Gasteiger partial charge on any atom is -0.368 e. The fourth-order valence-electron chi connectivity index (χ4n) is 3.83. The number of aromatic nitrogens is 4. The number of nitrogens with zero attached hydrogens (tertiary/aromatic N) is 4. The number of fused-ring (bicyclic) bond motifs is 1. The number of pyridine rings is 1. The Morgan fingerprint density at radius 3 is 2.78 bits per heavy atom. The van der Waals surface area contributed by atoms with E-state index in [-0.39, 0.29) is 23.4 Å². The number of nitrogens with one attached hydrogen (secondary N) is 1. The van der Waals surface area contributed by atoms with Crippen molar-refractivity contribution in [3.8, 4) is 16.9 Å². The number of hydrogen-bond donors (Lipinski definition) is 1. The molecule has 5 rings (SSSR count). The molecule has 1 N–H and O–H groups in total. The van der Waals surface area contributed by atoms with Crippen LogP contribution in [-0.4, -0.2) is 45.6 Å². The molecule has 1 fully saturated rings. The lowest BCUT2D eigenvalue weighted by Gasteiger charge is -2.20. The number of benzene rings is 2. The Kier molecular flexibility index (Phi) is 5.02. The van der Waals surface area contributed by atoms with Crippen LogP contribution in [0.4, 0.5) is 10.1 Å². The number of carbonyl (C=O) groups excluding carboxylic acids is 1. The highest BCUT2D eigenvalue weighted by molar-refractivity contribution is 5.96. The number of amides is 1. The van der Waals surface area contributed by atoms with E-state index in [1.54, 1.807) is 24.2 Å². The van der Waals surface area contributed by atoms with Gasteiger partial charge in [0.2, 0.25) is 0 Å². The number of halogens is 1. The van der Waals surface area contributed by atoms with Crippen LogP contribution in [0.25, 0.3) is 27.8 Å². The van der Waals surface area contributed by atoms with Gasteiger partial charge in [-0.3, -0.25) is 9.59 Å². The van der Waals surface area contributed by atoms with Gasteiger partial charge in [0.05, 0.1) is 17.4 Å². The summed E-state index contributed by atoms with van der Waals surface area (Å²) in [5.41, 5.74) is 2.34. The second-order valence-corrected chi connectivity index (χ2v) is 7.71. The van der Waals surface area contributed by atoms with Crippen molar-refractivity contribution in [3.63, 3.8) is 0 Å². The first-order chi connectivity index (χ1) is 15.5. The van der Waals surface area contributed by atoms with Gasteiger partial charge in [0.25, 0.3) is 11.5 Å². The van der Waals surface area contributed by atoms with Gasteiger partial charge in [-0.1, -0.05) is 5.21 Å². The third-order valence-electron chi connectivity index (χ3n) is 5.61. The van der Waals surface area contributed by atoms with Gasteiger partial charge >= 0.3 is 0 Å². The Balaban J connectivity index is 1.40. The molecule has 0 unspecified atom stereocenters. The maximum atomic E-state index is 13.6. The molecule has 162 valence electrons. The number of aromatic amines is 1. The van der Waals surface area contributed by atoms with Crippen LogP contribution in [0.1, 0.15) is 12.8 Å². The van der Waals surface area contributed by atoms with Crippen LogP contribution in [0.2, 0.25) is 0 Å². The zero-order valence-corrected chi connectivity index (χ0v) is 17.3. The van der Waals surface area contributed by atoms with Gasteiger partial charge in [-0.15, -0.1) is 5.10 Å². The van der Waals surface area contributed by atoms with Gasteiger partial charge in [0.1, 0.15) is 17.6 Å². The van der Waals surface area contributed by atoms with Crippen molar-refractivity contribution in [1.82, 2.24) is 20.0 Å². The molecule has 1 aliphatic heterocycles. The average molecular weight is 433 g/mol. The monoisotopic (exact) mass is 433 g/mol. The van der Waals surface area contributed by atoms with E-state index in [4.69, 9.17) is 4.74 Å². The first kappa shape index (κ1) is 20.1. The molecule has 1 atom stereocenters. The van der Waals surface area contributed by atoms with Crippen LogP contribution in [-0.2, 0) is 9.53 Å². The number of anilines is 1. The summed E-state index contributed by atoms with van der Waals surface area (Å²) >= 11 is 0. The van der Waals surface area contributed by atoms with Crippen LogP contribution >= 0.6 is 0 Å². The second-order valence-electron chi connectivity index (χ2n) is 7.71. The van der Waals surface area contributed by atoms with Crippen LogP contribution in [0, 0.1) is 5.82 Å². The maximum Gasteiger partial charge on any atom is 0.258 e. The molecule has 2 aromatic carbocycles. The number of rotatable bonds is 4. The Labute approximate surface area is 182 Å². The molecular formula is C23H20FN5O3. The summed E-state index contributed by atoms with van der Waals surface area (Å²) in [4.78, 5) is 29.3. The van der Waals surface area contributed by atoms with Gasteiger partial charge in [0.15, 0.2) is 0 Å². The molecule has 0 aliphatic carbocycles. The molecule has 4 aromatic rings. The third kappa shape index (κ3) is 3.67. The highest BCUT2D eigenvalue weighted by atomic mass is 19.1. The Morgan fingerprint density at radius 2 is 2.03 bits per heavy atom. The molecule has 0 spiro atoms. The van der Waals surface area contributed by atoms with Gasteiger partial charge in [-0.25, -0.2) is 9.07 Å². The molecule has 9 heteroatoms. The van der Waals surface area contributed by atoms with Gasteiger partial charge in [-0.05, 0) is 61.4 Å². The SMILES string of the molecule is CN(C(=O)[C@@H]1CCCO1)c1ccc(-n2cc(-c3cc4cc(F)ccc4[nH]c3=O)nn2)cc1. The van der Waals surface area contributed by atoms with E-state index < -0.39 is 0 Å². The quantitative estimate of drug-likeness (QED) is 0.534. The number of ether oxygens (including phenoxy) is 1. The van der Waals surface area contributed by atoms with E-state index in [0.717, 1.165) is 18.5 Å². The molecule has 32 heavy (non-hydrogen) atoms. The standard InChI is InChI=1S/C23H20FN5O3/c1-28(23(31)21-3-2-10-32-21)16-5-7-17(8-6-16)29-13-20(26-27-29)18-12-14-11-15(24)4-9-19(14)25-22(18)30/h4-9,11-13,21H,2-3,10H2,1H3,(H,25,30)/t21-/m0/s1. The summed E-state index contributed by atoms with van der Waals surface area (Å²) in [5.74, 6) is -0.451. The van der Waals surface area contributed by atoms with Crippen molar-refractivity contribution in [2.24, 2.45) is 0 Å². The van der Waals surface area contributed by atoms with Crippen molar-refractivity contribution in [3.05, 3.63) is 70.9 Å². The topological polar surface area (TPSA) is 93.1 Å². The van der Waals surface area contributed by atoms with E-state index in [1.165, 1.54) is 22.9 Å². The van der Waals surface area contributed by atoms with E-state index in [0.29, 0.717) is 34.5 Å². The number of likely N-dealkylation sites (N-methyl/N-ethyl adjacent to an activating group) is 1. The molecule has 0 radical (unpaired) electrons. The highest BCUT2D eigenvalue weighted by Crippen LogP contribution is 2.22. The van der Waals surface area contributed by atoms with E-state index >= 15 is 0 Å². The van der Waals surface area contributed by atoms with Gasteiger partial charge < -0.3 is 14.6 Å². The van der Waals surface area contributed by atoms with Gasteiger partial charge in [0, 0.05) is 30.2 Å². The van der Waals surface area contributed by atoms with E-state index in [1.807, 2.05) is 24.3 Å². The normalized spacial score (nSPS) is 15.9. The summed E-state index contributed by atoms with van der Waals surface area (Å²) in [6, 6.07) is 13.0. The zero-order chi connectivity index (χ0) is 22.2.